The SMILES string of the molecule is Cc1ccnc(N2CCCCCC2CCl)n1. The average molecular weight is 240 g/mol. The zero-order chi connectivity index (χ0) is 11.4. The smallest absolute Gasteiger partial charge is 0.225 e. The molecule has 0 bridgehead atoms. The van der Waals surface area contributed by atoms with Gasteiger partial charge in [0, 0.05) is 30.4 Å². The number of anilines is 1. The summed E-state index contributed by atoms with van der Waals surface area (Å²) in [7, 11) is 0. The van der Waals surface area contributed by atoms with Crippen LogP contribution in [0.3, 0.4) is 0 Å². The molecule has 2 rings (SSSR count). The third kappa shape index (κ3) is 2.64. The lowest BCUT2D eigenvalue weighted by Crippen LogP contribution is -2.37. The van der Waals surface area contributed by atoms with Gasteiger partial charge >= 0.3 is 0 Å². The Morgan fingerprint density at radius 2 is 2.31 bits per heavy atom. The van der Waals surface area contributed by atoms with Crippen molar-refractivity contribution in [3.8, 4) is 0 Å². The number of hydrogen-bond acceptors (Lipinski definition) is 3. The molecule has 2 heterocycles. The molecule has 1 aromatic rings. The molecule has 1 atom stereocenters. The highest BCUT2D eigenvalue weighted by molar-refractivity contribution is 6.18. The van der Waals surface area contributed by atoms with E-state index in [4.69, 9.17) is 11.6 Å². The number of rotatable bonds is 2. The van der Waals surface area contributed by atoms with E-state index in [2.05, 4.69) is 14.9 Å². The first kappa shape index (κ1) is 11.6. The van der Waals surface area contributed by atoms with Crippen LogP contribution in [0.2, 0.25) is 0 Å². The van der Waals surface area contributed by atoms with Gasteiger partial charge in [0.2, 0.25) is 5.95 Å². The highest BCUT2D eigenvalue weighted by Gasteiger charge is 2.22. The molecule has 1 unspecified atom stereocenters. The summed E-state index contributed by atoms with van der Waals surface area (Å²) in [5.74, 6) is 1.50. The number of nitrogens with zero attached hydrogens (tertiary/aromatic N) is 3. The lowest BCUT2D eigenvalue weighted by Gasteiger charge is -2.28. The maximum absolute atomic E-state index is 6.04. The maximum Gasteiger partial charge on any atom is 0.225 e. The van der Waals surface area contributed by atoms with Crippen LogP contribution in [-0.4, -0.2) is 28.4 Å². The molecule has 0 saturated carbocycles. The Balaban J connectivity index is 2.21. The van der Waals surface area contributed by atoms with Crippen LogP contribution in [0.15, 0.2) is 12.3 Å². The van der Waals surface area contributed by atoms with E-state index < -0.39 is 0 Å². The second kappa shape index (κ2) is 5.48. The number of hydrogen-bond donors (Lipinski definition) is 0. The monoisotopic (exact) mass is 239 g/mol. The first-order valence-corrected chi connectivity index (χ1v) is 6.47. The van der Waals surface area contributed by atoms with E-state index in [9.17, 15) is 0 Å². The van der Waals surface area contributed by atoms with Gasteiger partial charge in [-0.2, -0.15) is 0 Å². The van der Waals surface area contributed by atoms with Gasteiger partial charge in [0.1, 0.15) is 0 Å². The van der Waals surface area contributed by atoms with Gasteiger partial charge in [-0.3, -0.25) is 0 Å². The van der Waals surface area contributed by atoms with Crippen LogP contribution in [0.5, 0.6) is 0 Å². The minimum Gasteiger partial charge on any atom is -0.337 e. The van der Waals surface area contributed by atoms with Gasteiger partial charge in [-0.05, 0) is 25.8 Å². The van der Waals surface area contributed by atoms with Crippen LogP contribution < -0.4 is 4.90 Å². The summed E-state index contributed by atoms with van der Waals surface area (Å²) in [6, 6.07) is 2.32. The van der Waals surface area contributed by atoms with Crippen LogP contribution in [0.1, 0.15) is 31.4 Å². The van der Waals surface area contributed by atoms with Crippen molar-refractivity contribution in [3.63, 3.8) is 0 Å². The molecule has 88 valence electrons. The fourth-order valence-corrected chi connectivity index (χ4v) is 2.50. The van der Waals surface area contributed by atoms with Crippen molar-refractivity contribution in [3.05, 3.63) is 18.0 Å². The first-order valence-electron chi connectivity index (χ1n) is 5.93. The normalized spacial score (nSPS) is 21.9. The number of alkyl halides is 1. The molecule has 0 spiro atoms. The van der Waals surface area contributed by atoms with Crippen LogP contribution >= 0.6 is 11.6 Å². The van der Waals surface area contributed by atoms with E-state index in [1.807, 2.05) is 19.2 Å². The summed E-state index contributed by atoms with van der Waals surface area (Å²) in [4.78, 5) is 11.1. The Labute approximate surface area is 102 Å². The fraction of sp³-hybridized carbons (Fsp3) is 0.667. The van der Waals surface area contributed by atoms with Crippen molar-refractivity contribution in [1.29, 1.82) is 0 Å². The van der Waals surface area contributed by atoms with E-state index in [1.165, 1.54) is 19.3 Å². The van der Waals surface area contributed by atoms with E-state index in [0.29, 0.717) is 11.9 Å². The van der Waals surface area contributed by atoms with Gasteiger partial charge < -0.3 is 4.90 Å². The summed E-state index contributed by atoms with van der Waals surface area (Å²) in [6.45, 7) is 3.03. The highest BCUT2D eigenvalue weighted by Crippen LogP contribution is 2.21. The van der Waals surface area contributed by atoms with Crippen LogP contribution in [-0.2, 0) is 0 Å². The Bertz CT molecular complexity index is 343. The third-order valence-electron chi connectivity index (χ3n) is 3.09. The maximum atomic E-state index is 6.04. The fourth-order valence-electron chi connectivity index (χ4n) is 2.18. The molecular formula is C12H18ClN3. The predicted molar refractivity (Wildman–Crippen MR) is 67.1 cm³/mol. The topological polar surface area (TPSA) is 29.0 Å². The molecular weight excluding hydrogens is 222 g/mol. The molecule has 16 heavy (non-hydrogen) atoms. The second-order valence-corrected chi connectivity index (χ2v) is 4.66. The number of halogens is 1. The lowest BCUT2D eigenvalue weighted by atomic mass is 10.1. The Morgan fingerprint density at radius 3 is 3.06 bits per heavy atom. The van der Waals surface area contributed by atoms with Gasteiger partial charge in [-0.15, -0.1) is 11.6 Å². The molecule has 0 aromatic carbocycles. The summed E-state index contributed by atoms with van der Waals surface area (Å²) in [5.41, 5.74) is 1.02. The predicted octanol–water partition coefficient (Wildman–Crippen LogP) is 2.77. The molecule has 1 saturated heterocycles. The van der Waals surface area contributed by atoms with Crippen LogP contribution in [0, 0.1) is 6.92 Å². The minimum absolute atomic E-state index is 0.394. The molecule has 0 N–H and O–H groups in total. The Morgan fingerprint density at radius 1 is 1.44 bits per heavy atom. The quantitative estimate of drug-likeness (QED) is 0.744. The van der Waals surface area contributed by atoms with Crippen LogP contribution in [0.4, 0.5) is 5.95 Å². The second-order valence-electron chi connectivity index (χ2n) is 4.35. The number of aromatic nitrogens is 2. The standard InChI is InChI=1S/C12H18ClN3/c1-10-6-7-14-12(15-10)16-8-4-2-3-5-11(16)9-13/h6-7,11H,2-5,8-9H2,1H3. The average Bonchev–Trinajstić information content (AvgIpc) is 2.53. The van der Waals surface area contributed by atoms with Gasteiger partial charge in [0.25, 0.3) is 0 Å². The number of aryl methyl sites for hydroxylation is 1. The van der Waals surface area contributed by atoms with Gasteiger partial charge in [0.05, 0.1) is 0 Å². The minimum atomic E-state index is 0.394. The largest absolute Gasteiger partial charge is 0.337 e. The molecule has 0 amide bonds. The van der Waals surface area contributed by atoms with Crippen molar-refractivity contribution >= 4 is 17.5 Å². The summed E-state index contributed by atoms with van der Waals surface area (Å²) in [5, 5.41) is 0. The van der Waals surface area contributed by atoms with Crippen molar-refractivity contribution in [2.75, 3.05) is 17.3 Å². The Hall–Kier alpha value is -0.830. The highest BCUT2D eigenvalue weighted by atomic mass is 35.5. The molecule has 4 heteroatoms. The van der Waals surface area contributed by atoms with Crippen molar-refractivity contribution in [2.24, 2.45) is 0 Å². The molecule has 1 aliphatic heterocycles. The molecule has 1 aliphatic rings. The van der Waals surface area contributed by atoms with Gasteiger partial charge in [0.15, 0.2) is 0 Å². The molecule has 0 aliphatic carbocycles. The van der Waals surface area contributed by atoms with E-state index in [-0.39, 0.29) is 0 Å². The summed E-state index contributed by atoms with van der Waals surface area (Å²) >= 11 is 6.04. The van der Waals surface area contributed by atoms with E-state index >= 15 is 0 Å². The Kier molecular flexibility index (Phi) is 3.99. The molecule has 1 aromatic heterocycles. The first-order chi connectivity index (χ1) is 7.81. The van der Waals surface area contributed by atoms with Crippen molar-refractivity contribution in [1.82, 2.24) is 9.97 Å². The summed E-state index contributed by atoms with van der Waals surface area (Å²) in [6.07, 6.45) is 6.74. The summed E-state index contributed by atoms with van der Waals surface area (Å²) < 4.78 is 0. The van der Waals surface area contributed by atoms with Gasteiger partial charge in [-0.25, -0.2) is 9.97 Å². The molecule has 0 radical (unpaired) electrons. The van der Waals surface area contributed by atoms with E-state index in [0.717, 1.165) is 24.6 Å². The van der Waals surface area contributed by atoms with Gasteiger partial charge in [-0.1, -0.05) is 12.8 Å². The third-order valence-corrected chi connectivity index (χ3v) is 3.45. The van der Waals surface area contributed by atoms with Crippen LogP contribution in [0.25, 0.3) is 0 Å². The van der Waals surface area contributed by atoms with E-state index in [1.54, 1.807) is 0 Å². The lowest BCUT2D eigenvalue weighted by molar-refractivity contribution is 0.609. The van der Waals surface area contributed by atoms with Crippen molar-refractivity contribution in [2.45, 2.75) is 38.6 Å². The molecule has 3 nitrogen and oxygen atoms in total. The van der Waals surface area contributed by atoms with Crippen molar-refractivity contribution < 1.29 is 0 Å². The molecule has 1 fully saturated rings. The zero-order valence-corrected chi connectivity index (χ0v) is 10.5. The zero-order valence-electron chi connectivity index (χ0n) is 9.69.